The second kappa shape index (κ2) is 6.70. The summed E-state index contributed by atoms with van der Waals surface area (Å²) in [5, 5.41) is 2.86. The summed E-state index contributed by atoms with van der Waals surface area (Å²) in [5.74, 6) is -0.0524. The fraction of sp³-hybridized carbons (Fsp3) is 0.357. The van der Waals surface area contributed by atoms with Gasteiger partial charge in [-0.3, -0.25) is 9.59 Å². The molecule has 2 rings (SSSR count). The average molecular weight is 274 g/mol. The van der Waals surface area contributed by atoms with Crippen molar-refractivity contribution >= 4 is 5.91 Å². The molecule has 1 N–H and O–H groups in total. The molecule has 1 unspecified atom stereocenters. The molecule has 0 aliphatic rings. The molecular formula is C14H18N4O2. The third-order valence-electron chi connectivity index (χ3n) is 3.13. The fourth-order valence-corrected chi connectivity index (χ4v) is 1.89. The van der Waals surface area contributed by atoms with Crippen LogP contribution in [0.4, 0.5) is 0 Å². The number of amides is 1. The molecule has 0 aromatic carbocycles. The first-order chi connectivity index (χ1) is 9.68. The summed E-state index contributed by atoms with van der Waals surface area (Å²) >= 11 is 0. The van der Waals surface area contributed by atoms with E-state index in [9.17, 15) is 9.59 Å². The molecule has 0 saturated heterocycles. The highest BCUT2D eigenvalue weighted by molar-refractivity contribution is 5.79. The molecule has 0 saturated carbocycles. The largest absolute Gasteiger partial charge is 0.354 e. The Kier molecular flexibility index (Phi) is 4.70. The van der Waals surface area contributed by atoms with Gasteiger partial charge in [-0.05, 0) is 19.4 Å². The van der Waals surface area contributed by atoms with Crippen LogP contribution in [0.25, 0.3) is 0 Å². The van der Waals surface area contributed by atoms with Crippen LogP contribution in [0.2, 0.25) is 0 Å². The molecule has 0 fully saturated rings. The lowest BCUT2D eigenvalue weighted by atomic mass is 10.3. The maximum Gasteiger partial charge on any atom is 0.250 e. The number of nitrogens with zero attached hydrogens (tertiary/aromatic N) is 3. The third kappa shape index (κ3) is 3.57. The molecule has 2 aromatic rings. The number of hydrogen-bond acceptors (Lipinski definition) is 3. The highest BCUT2D eigenvalue weighted by Gasteiger charge is 2.12. The number of pyridine rings is 1. The van der Waals surface area contributed by atoms with E-state index in [1.54, 1.807) is 40.1 Å². The van der Waals surface area contributed by atoms with Crippen molar-refractivity contribution < 1.29 is 4.79 Å². The van der Waals surface area contributed by atoms with Gasteiger partial charge in [0.2, 0.25) is 11.5 Å². The molecule has 1 atom stereocenters. The highest BCUT2D eigenvalue weighted by atomic mass is 16.2. The second-order valence-electron chi connectivity index (χ2n) is 4.56. The number of carbonyl (C=O) groups excluding carboxylic acids is 1. The highest BCUT2D eigenvalue weighted by Crippen LogP contribution is 2.03. The van der Waals surface area contributed by atoms with Crippen molar-refractivity contribution in [2.45, 2.75) is 25.9 Å². The minimum absolute atomic E-state index is 0.0226. The van der Waals surface area contributed by atoms with E-state index in [0.29, 0.717) is 19.5 Å². The number of hydrogen-bond donors (Lipinski definition) is 1. The predicted molar refractivity (Wildman–Crippen MR) is 75.3 cm³/mol. The zero-order valence-corrected chi connectivity index (χ0v) is 11.4. The summed E-state index contributed by atoms with van der Waals surface area (Å²) in [4.78, 5) is 27.3. The standard InChI is InChI=1S/C14H18N4O2/c1-12(18-10-7-15-11-18)14(20)16-6-4-9-17-8-3-2-5-13(17)19/h2-3,5,7-8,10-12H,4,6,9H2,1H3,(H,16,20). The van der Waals surface area contributed by atoms with Gasteiger partial charge in [-0.25, -0.2) is 4.98 Å². The first-order valence-corrected chi connectivity index (χ1v) is 6.59. The van der Waals surface area contributed by atoms with E-state index in [0.717, 1.165) is 0 Å². The molecule has 0 aliphatic heterocycles. The molecule has 1 amide bonds. The molecule has 6 nitrogen and oxygen atoms in total. The lowest BCUT2D eigenvalue weighted by Crippen LogP contribution is -2.32. The molecule has 20 heavy (non-hydrogen) atoms. The molecule has 0 spiro atoms. The fourth-order valence-electron chi connectivity index (χ4n) is 1.89. The van der Waals surface area contributed by atoms with Gasteiger partial charge in [0.05, 0.1) is 6.33 Å². The van der Waals surface area contributed by atoms with E-state index in [-0.39, 0.29) is 17.5 Å². The van der Waals surface area contributed by atoms with Gasteiger partial charge in [-0.2, -0.15) is 0 Å². The van der Waals surface area contributed by atoms with Gasteiger partial charge in [0.15, 0.2) is 0 Å². The average Bonchev–Trinajstić information content (AvgIpc) is 2.98. The number of nitrogens with one attached hydrogen (secondary N) is 1. The van der Waals surface area contributed by atoms with Crippen LogP contribution in [0, 0.1) is 0 Å². The van der Waals surface area contributed by atoms with E-state index in [4.69, 9.17) is 0 Å². The van der Waals surface area contributed by atoms with E-state index in [2.05, 4.69) is 10.3 Å². The number of imidazole rings is 1. The van der Waals surface area contributed by atoms with E-state index in [1.807, 2.05) is 13.0 Å². The normalized spacial score (nSPS) is 12.1. The smallest absolute Gasteiger partial charge is 0.250 e. The Hall–Kier alpha value is -2.37. The van der Waals surface area contributed by atoms with Gasteiger partial charge in [-0.1, -0.05) is 6.07 Å². The van der Waals surface area contributed by atoms with Gasteiger partial charge >= 0.3 is 0 Å². The molecule has 0 bridgehead atoms. The first kappa shape index (κ1) is 14.0. The molecular weight excluding hydrogens is 256 g/mol. The van der Waals surface area contributed by atoms with Gasteiger partial charge in [-0.15, -0.1) is 0 Å². The van der Waals surface area contributed by atoms with Gasteiger partial charge in [0.25, 0.3) is 0 Å². The quantitative estimate of drug-likeness (QED) is 0.793. The zero-order valence-electron chi connectivity index (χ0n) is 11.4. The Morgan fingerprint density at radius 2 is 2.25 bits per heavy atom. The molecule has 106 valence electrons. The molecule has 0 aliphatic carbocycles. The van der Waals surface area contributed by atoms with E-state index >= 15 is 0 Å². The number of aryl methyl sites for hydroxylation is 1. The molecule has 0 radical (unpaired) electrons. The van der Waals surface area contributed by atoms with Crippen LogP contribution in [0.1, 0.15) is 19.4 Å². The van der Waals surface area contributed by atoms with Crippen LogP contribution >= 0.6 is 0 Å². The van der Waals surface area contributed by atoms with Crippen molar-refractivity contribution in [3.8, 4) is 0 Å². The Balaban J connectivity index is 1.75. The second-order valence-corrected chi connectivity index (χ2v) is 4.56. The summed E-state index contributed by atoms with van der Waals surface area (Å²) in [6, 6.07) is 4.78. The van der Waals surface area contributed by atoms with Crippen LogP contribution < -0.4 is 10.9 Å². The molecule has 6 heteroatoms. The first-order valence-electron chi connectivity index (χ1n) is 6.59. The number of aromatic nitrogens is 3. The van der Waals surface area contributed by atoms with Crippen LogP contribution in [-0.4, -0.2) is 26.6 Å². The van der Waals surface area contributed by atoms with Crippen LogP contribution in [0.3, 0.4) is 0 Å². The van der Waals surface area contributed by atoms with Crippen molar-refractivity contribution in [2.75, 3.05) is 6.54 Å². The van der Waals surface area contributed by atoms with Crippen molar-refractivity contribution in [1.82, 2.24) is 19.4 Å². The monoisotopic (exact) mass is 274 g/mol. The maximum absolute atomic E-state index is 11.9. The zero-order chi connectivity index (χ0) is 14.4. The Labute approximate surface area is 117 Å². The minimum atomic E-state index is -0.281. The predicted octanol–water partition coefficient (Wildman–Crippen LogP) is 0.812. The van der Waals surface area contributed by atoms with Crippen molar-refractivity contribution in [2.24, 2.45) is 0 Å². The van der Waals surface area contributed by atoms with E-state index < -0.39 is 0 Å². The molecule has 2 heterocycles. The number of rotatable bonds is 6. The van der Waals surface area contributed by atoms with Gasteiger partial charge < -0.3 is 14.5 Å². The van der Waals surface area contributed by atoms with Crippen molar-refractivity contribution in [3.63, 3.8) is 0 Å². The summed E-state index contributed by atoms with van der Waals surface area (Å²) in [7, 11) is 0. The summed E-state index contributed by atoms with van der Waals surface area (Å²) < 4.78 is 3.38. The summed E-state index contributed by atoms with van der Waals surface area (Å²) in [6.07, 6.45) is 7.48. The number of carbonyl (C=O) groups is 1. The summed E-state index contributed by atoms with van der Waals surface area (Å²) in [5.41, 5.74) is -0.0226. The minimum Gasteiger partial charge on any atom is -0.354 e. The Morgan fingerprint density at radius 1 is 1.40 bits per heavy atom. The SMILES string of the molecule is CC(C(=O)NCCCn1ccccc1=O)n1ccnc1. The lowest BCUT2D eigenvalue weighted by Gasteiger charge is -2.13. The van der Waals surface area contributed by atoms with Crippen molar-refractivity contribution in [3.05, 3.63) is 53.5 Å². The lowest BCUT2D eigenvalue weighted by molar-refractivity contribution is -0.123. The van der Waals surface area contributed by atoms with E-state index in [1.165, 1.54) is 6.07 Å². The maximum atomic E-state index is 11.9. The van der Waals surface area contributed by atoms with Gasteiger partial charge in [0.1, 0.15) is 6.04 Å². The Bertz CT molecular complexity index is 604. The van der Waals surface area contributed by atoms with Gasteiger partial charge in [0, 0.05) is 37.7 Å². The van der Waals surface area contributed by atoms with Crippen LogP contribution in [-0.2, 0) is 11.3 Å². The Morgan fingerprint density at radius 3 is 2.95 bits per heavy atom. The molecule has 2 aromatic heterocycles. The van der Waals surface area contributed by atoms with Crippen LogP contribution in [0.15, 0.2) is 47.9 Å². The topological polar surface area (TPSA) is 68.9 Å². The van der Waals surface area contributed by atoms with Crippen LogP contribution in [0.5, 0.6) is 0 Å². The summed E-state index contributed by atoms with van der Waals surface area (Å²) in [6.45, 7) is 2.96. The van der Waals surface area contributed by atoms with Crippen molar-refractivity contribution in [1.29, 1.82) is 0 Å². The third-order valence-corrected chi connectivity index (χ3v) is 3.13.